The van der Waals surface area contributed by atoms with Crippen molar-refractivity contribution in [3.8, 4) is 0 Å². The number of halogens is 1. The Morgan fingerprint density at radius 3 is 3.00 bits per heavy atom. The van der Waals surface area contributed by atoms with Crippen molar-refractivity contribution in [2.75, 3.05) is 13.2 Å². The normalized spacial score (nSPS) is 32.8. The van der Waals surface area contributed by atoms with E-state index < -0.39 is 0 Å². The van der Waals surface area contributed by atoms with Crippen molar-refractivity contribution in [2.45, 2.75) is 69.0 Å². The van der Waals surface area contributed by atoms with Gasteiger partial charge in [-0.2, -0.15) is 0 Å². The lowest BCUT2D eigenvalue weighted by Crippen LogP contribution is -2.50. The predicted molar refractivity (Wildman–Crippen MR) is 104 cm³/mol. The fourth-order valence-electron chi connectivity index (χ4n) is 5.43. The fourth-order valence-corrected chi connectivity index (χ4v) is 5.82. The van der Waals surface area contributed by atoms with Crippen LogP contribution in [0.15, 0.2) is 18.3 Å². The van der Waals surface area contributed by atoms with Crippen LogP contribution in [0.4, 0.5) is 0 Å². The Balaban J connectivity index is 1.49. The van der Waals surface area contributed by atoms with E-state index in [9.17, 15) is 0 Å². The molecule has 1 aliphatic carbocycles. The molecule has 2 saturated heterocycles. The zero-order chi connectivity index (χ0) is 17.5. The summed E-state index contributed by atoms with van der Waals surface area (Å²) in [6, 6.07) is 4.89. The molecular formula is C21H28ClN3O. The average molecular weight is 374 g/mol. The minimum absolute atomic E-state index is 0.201. The molecule has 1 saturated carbocycles. The van der Waals surface area contributed by atoms with Crippen molar-refractivity contribution in [2.24, 2.45) is 5.92 Å². The van der Waals surface area contributed by atoms with Gasteiger partial charge in [-0.05, 0) is 55.7 Å². The molecule has 0 aromatic carbocycles. The Morgan fingerprint density at radius 1 is 1.19 bits per heavy atom. The SMILES string of the molecule is ClC1CCN(Cc2c([C@H]3CCCO3)[nH]c3ncccc23)C2CCCCC12. The second kappa shape index (κ2) is 7.14. The van der Waals surface area contributed by atoms with E-state index in [1.54, 1.807) is 0 Å². The highest BCUT2D eigenvalue weighted by molar-refractivity contribution is 6.20. The van der Waals surface area contributed by atoms with Crippen LogP contribution in [0.1, 0.15) is 62.3 Å². The maximum atomic E-state index is 6.70. The van der Waals surface area contributed by atoms with Crippen LogP contribution < -0.4 is 0 Å². The van der Waals surface area contributed by atoms with E-state index in [0.717, 1.165) is 44.6 Å². The average Bonchev–Trinajstić information content (AvgIpc) is 3.32. The van der Waals surface area contributed by atoms with E-state index in [0.29, 0.717) is 17.3 Å². The van der Waals surface area contributed by atoms with Gasteiger partial charge in [-0.3, -0.25) is 4.90 Å². The number of H-pyrrole nitrogens is 1. The largest absolute Gasteiger partial charge is 0.372 e. The van der Waals surface area contributed by atoms with Crippen LogP contribution >= 0.6 is 11.6 Å². The summed E-state index contributed by atoms with van der Waals surface area (Å²) >= 11 is 6.70. The third-order valence-corrected chi connectivity index (χ3v) is 7.27. The number of likely N-dealkylation sites (tertiary alicyclic amines) is 1. The molecule has 26 heavy (non-hydrogen) atoms. The summed E-state index contributed by atoms with van der Waals surface area (Å²) in [7, 11) is 0. The molecule has 0 bridgehead atoms. The molecule has 0 amide bonds. The minimum Gasteiger partial charge on any atom is -0.372 e. The number of alkyl halides is 1. The molecule has 1 N–H and O–H groups in total. The van der Waals surface area contributed by atoms with Gasteiger partial charge in [0.1, 0.15) is 5.65 Å². The van der Waals surface area contributed by atoms with E-state index >= 15 is 0 Å². The maximum Gasteiger partial charge on any atom is 0.137 e. The molecule has 5 rings (SSSR count). The zero-order valence-corrected chi connectivity index (χ0v) is 16.0. The molecule has 2 aromatic heterocycles. The first-order valence-electron chi connectivity index (χ1n) is 10.3. The molecule has 3 fully saturated rings. The maximum absolute atomic E-state index is 6.70. The molecule has 0 spiro atoms. The highest BCUT2D eigenvalue weighted by atomic mass is 35.5. The van der Waals surface area contributed by atoms with Crippen LogP contribution in [0.3, 0.4) is 0 Å². The Hall–Kier alpha value is -1.10. The third kappa shape index (κ3) is 2.96. The van der Waals surface area contributed by atoms with Crippen molar-refractivity contribution in [3.63, 3.8) is 0 Å². The topological polar surface area (TPSA) is 41.1 Å². The number of aromatic nitrogens is 2. The summed E-state index contributed by atoms with van der Waals surface area (Å²) < 4.78 is 6.02. The van der Waals surface area contributed by atoms with E-state index in [1.807, 2.05) is 12.3 Å². The van der Waals surface area contributed by atoms with Crippen molar-refractivity contribution in [1.82, 2.24) is 14.9 Å². The molecule has 4 nitrogen and oxygen atoms in total. The molecule has 2 aromatic rings. The Morgan fingerprint density at radius 2 is 2.12 bits per heavy atom. The van der Waals surface area contributed by atoms with Gasteiger partial charge in [-0.1, -0.05) is 12.8 Å². The molecule has 3 unspecified atom stereocenters. The Labute approximate surface area is 160 Å². The van der Waals surface area contributed by atoms with Crippen LogP contribution in [0, 0.1) is 5.92 Å². The van der Waals surface area contributed by atoms with Crippen molar-refractivity contribution in [1.29, 1.82) is 0 Å². The molecule has 4 heterocycles. The number of fused-ring (bicyclic) bond motifs is 2. The molecule has 5 heteroatoms. The van der Waals surface area contributed by atoms with Crippen LogP contribution in [-0.4, -0.2) is 39.4 Å². The van der Waals surface area contributed by atoms with Gasteiger partial charge in [0.2, 0.25) is 0 Å². The van der Waals surface area contributed by atoms with Gasteiger partial charge >= 0.3 is 0 Å². The number of hydrogen-bond acceptors (Lipinski definition) is 3. The number of nitrogens with one attached hydrogen (secondary N) is 1. The lowest BCUT2D eigenvalue weighted by Gasteiger charge is -2.46. The Kier molecular flexibility index (Phi) is 4.68. The fraction of sp³-hybridized carbons (Fsp3) is 0.667. The lowest BCUT2D eigenvalue weighted by atomic mass is 9.78. The number of ether oxygens (including phenoxy) is 1. The van der Waals surface area contributed by atoms with Gasteiger partial charge < -0.3 is 9.72 Å². The third-order valence-electron chi connectivity index (χ3n) is 6.73. The molecule has 4 atom stereocenters. The highest BCUT2D eigenvalue weighted by Crippen LogP contribution is 2.40. The van der Waals surface area contributed by atoms with Crippen molar-refractivity contribution < 1.29 is 4.74 Å². The van der Waals surface area contributed by atoms with E-state index in [1.165, 1.54) is 42.3 Å². The number of pyridine rings is 1. The van der Waals surface area contributed by atoms with Crippen LogP contribution in [0.25, 0.3) is 11.0 Å². The first kappa shape index (κ1) is 17.0. The summed E-state index contributed by atoms with van der Waals surface area (Å²) in [6.07, 6.45) is 10.7. The summed E-state index contributed by atoms with van der Waals surface area (Å²) in [4.78, 5) is 10.9. The van der Waals surface area contributed by atoms with Crippen LogP contribution in [0.2, 0.25) is 0 Å². The standard InChI is InChI=1S/C21H28ClN3O/c22-17-9-11-25(18-7-2-1-5-15(17)18)13-16-14-6-3-10-23-21(14)24-20(16)19-8-4-12-26-19/h3,6,10,15,17-19H,1-2,4-5,7-9,11-13H2,(H,23,24)/t15?,17?,18?,19-/m1/s1. The van der Waals surface area contributed by atoms with Crippen LogP contribution in [-0.2, 0) is 11.3 Å². The summed E-state index contributed by atoms with van der Waals surface area (Å²) in [5, 5.41) is 1.62. The number of nitrogens with zero attached hydrogens (tertiary/aromatic N) is 2. The van der Waals surface area contributed by atoms with Gasteiger partial charge in [0.05, 0.1) is 11.8 Å². The number of aromatic amines is 1. The highest BCUT2D eigenvalue weighted by Gasteiger charge is 2.39. The first-order chi connectivity index (χ1) is 12.8. The lowest BCUT2D eigenvalue weighted by molar-refractivity contribution is 0.0562. The number of hydrogen-bond donors (Lipinski definition) is 1. The number of rotatable bonds is 3. The van der Waals surface area contributed by atoms with Crippen molar-refractivity contribution in [3.05, 3.63) is 29.6 Å². The molecular weight excluding hydrogens is 346 g/mol. The summed E-state index contributed by atoms with van der Waals surface area (Å²) in [6.45, 7) is 2.97. The van der Waals surface area contributed by atoms with E-state index in [4.69, 9.17) is 16.3 Å². The Bertz CT molecular complexity index is 770. The number of piperidine rings is 1. The predicted octanol–water partition coefficient (Wildman–Crippen LogP) is 4.79. The summed E-state index contributed by atoms with van der Waals surface area (Å²) in [5.74, 6) is 0.661. The molecule has 0 radical (unpaired) electrons. The minimum atomic E-state index is 0.201. The van der Waals surface area contributed by atoms with Gasteiger partial charge in [0, 0.05) is 42.7 Å². The van der Waals surface area contributed by atoms with Crippen molar-refractivity contribution >= 4 is 22.6 Å². The summed E-state index contributed by atoms with van der Waals surface area (Å²) in [5.41, 5.74) is 3.66. The monoisotopic (exact) mass is 373 g/mol. The van der Waals surface area contributed by atoms with Gasteiger partial charge in [0.15, 0.2) is 0 Å². The van der Waals surface area contributed by atoms with E-state index in [2.05, 4.69) is 20.9 Å². The quantitative estimate of drug-likeness (QED) is 0.786. The molecule has 140 valence electrons. The van der Waals surface area contributed by atoms with E-state index in [-0.39, 0.29) is 6.10 Å². The first-order valence-corrected chi connectivity index (χ1v) is 10.7. The van der Waals surface area contributed by atoms with Gasteiger partial charge in [0.25, 0.3) is 0 Å². The molecule has 3 aliphatic rings. The second-order valence-electron chi connectivity index (χ2n) is 8.21. The smallest absolute Gasteiger partial charge is 0.137 e. The van der Waals surface area contributed by atoms with Gasteiger partial charge in [-0.15, -0.1) is 11.6 Å². The zero-order valence-electron chi connectivity index (χ0n) is 15.3. The van der Waals surface area contributed by atoms with Gasteiger partial charge in [-0.25, -0.2) is 4.98 Å². The van der Waals surface area contributed by atoms with Crippen LogP contribution in [0.5, 0.6) is 0 Å². The molecule has 2 aliphatic heterocycles. The second-order valence-corrected chi connectivity index (χ2v) is 8.77.